The van der Waals surface area contributed by atoms with Crippen LogP contribution in [0.15, 0.2) is 41.4 Å². The Balaban J connectivity index is 1.75. The van der Waals surface area contributed by atoms with E-state index in [2.05, 4.69) is 4.98 Å². The second-order valence-electron chi connectivity index (χ2n) is 6.88. The number of piperazine rings is 1. The van der Waals surface area contributed by atoms with E-state index in [1.165, 1.54) is 16.4 Å². The first kappa shape index (κ1) is 17.1. The van der Waals surface area contributed by atoms with Crippen LogP contribution in [-0.4, -0.2) is 48.1 Å². The van der Waals surface area contributed by atoms with Gasteiger partial charge in [-0.2, -0.15) is 4.31 Å². The molecule has 1 aromatic heterocycles. The van der Waals surface area contributed by atoms with Crippen molar-refractivity contribution in [1.82, 2.24) is 14.2 Å². The van der Waals surface area contributed by atoms with E-state index >= 15 is 0 Å². The van der Waals surface area contributed by atoms with Gasteiger partial charge in [0.1, 0.15) is 5.82 Å². The Kier molecular flexibility index (Phi) is 3.68. The fourth-order valence-corrected chi connectivity index (χ4v) is 5.62. The first-order valence-corrected chi connectivity index (χ1v) is 9.73. The van der Waals surface area contributed by atoms with Crippen LogP contribution < -0.4 is 0 Å². The van der Waals surface area contributed by atoms with Crippen molar-refractivity contribution in [3.05, 3.63) is 59.2 Å². The molecular formula is C18H18FN3O3S. The van der Waals surface area contributed by atoms with E-state index in [0.29, 0.717) is 16.8 Å². The molecule has 136 valence electrons. The lowest BCUT2D eigenvalue weighted by molar-refractivity contribution is 0.0365. The number of halogens is 1. The van der Waals surface area contributed by atoms with Crippen LogP contribution in [0.1, 0.15) is 28.5 Å². The standard InChI is InChI=1S/C18H18FN3O3S/c1-12-10-13(19)5-6-15(12)26(24,25)21-8-9-22-17(23)14-4-3-7-20-16(14)18(22,2)11-21/h3-7,10H,8-9,11H2,1-2H3. The van der Waals surface area contributed by atoms with Gasteiger partial charge in [0.2, 0.25) is 10.0 Å². The summed E-state index contributed by atoms with van der Waals surface area (Å²) < 4.78 is 41.0. The summed E-state index contributed by atoms with van der Waals surface area (Å²) in [6.07, 6.45) is 1.61. The quantitative estimate of drug-likeness (QED) is 0.804. The monoisotopic (exact) mass is 375 g/mol. The van der Waals surface area contributed by atoms with Crippen LogP contribution >= 0.6 is 0 Å². The van der Waals surface area contributed by atoms with E-state index in [9.17, 15) is 17.6 Å². The van der Waals surface area contributed by atoms with Gasteiger partial charge in [-0.15, -0.1) is 0 Å². The van der Waals surface area contributed by atoms with Crippen LogP contribution in [0.4, 0.5) is 4.39 Å². The predicted octanol–water partition coefficient (Wildman–Crippen LogP) is 1.90. The van der Waals surface area contributed by atoms with E-state index in [4.69, 9.17) is 0 Å². The van der Waals surface area contributed by atoms with Gasteiger partial charge in [0, 0.05) is 25.8 Å². The van der Waals surface area contributed by atoms with Crippen LogP contribution in [0, 0.1) is 12.7 Å². The van der Waals surface area contributed by atoms with Crippen LogP contribution in [0.2, 0.25) is 0 Å². The van der Waals surface area contributed by atoms with Crippen molar-refractivity contribution in [1.29, 1.82) is 0 Å². The van der Waals surface area contributed by atoms with E-state index in [1.54, 1.807) is 30.2 Å². The summed E-state index contributed by atoms with van der Waals surface area (Å²) in [6, 6.07) is 7.07. The third-order valence-corrected chi connectivity index (χ3v) is 7.21. The van der Waals surface area contributed by atoms with E-state index in [1.807, 2.05) is 6.92 Å². The highest BCUT2D eigenvalue weighted by Crippen LogP contribution is 2.41. The fourth-order valence-electron chi connectivity index (χ4n) is 3.89. The molecule has 8 heteroatoms. The minimum absolute atomic E-state index is 0.0847. The number of nitrogens with zero attached hydrogens (tertiary/aromatic N) is 3. The molecule has 6 nitrogen and oxygen atoms in total. The number of pyridine rings is 1. The highest BCUT2D eigenvalue weighted by Gasteiger charge is 2.52. The number of aryl methyl sites for hydroxylation is 1. The smallest absolute Gasteiger partial charge is 0.256 e. The number of amides is 1. The molecule has 0 radical (unpaired) electrons. The van der Waals surface area contributed by atoms with Gasteiger partial charge in [-0.25, -0.2) is 12.8 Å². The van der Waals surface area contributed by atoms with Gasteiger partial charge in [0.15, 0.2) is 0 Å². The normalized spacial score (nSPS) is 23.0. The number of carbonyl (C=O) groups excluding carboxylic acids is 1. The van der Waals surface area contributed by atoms with Gasteiger partial charge in [-0.1, -0.05) is 0 Å². The maximum Gasteiger partial charge on any atom is 0.256 e. The van der Waals surface area contributed by atoms with Crippen LogP contribution in [0.5, 0.6) is 0 Å². The first-order chi connectivity index (χ1) is 12.2. The Labute approximate surface area is 151 Å². The van der Waals surface area contributed by atoms with Crippen LogP contribution in [-0.2, 0) is 15.6 Å². The summed E-state index contributed by atoms with van der Waals surface area (Å²) in [5.41, 5.74) is 0.666. The Hall–Kier alpha value is -2.32. The lowest BCUT2D eigenvalue weighted by Gasteiger charge is -2.44. The Morgan fingerprint density at radius 2 is 2.00 bits per heavy atom. The summed E-state index contributed by atoms with van der Waals surface area (Å²) in [6.45, 7) is 3.99. The third kappa shape index (κ3) is 2.29. The molecule has 3 heterocycles. The zero-order valence-electron chi connectivity index (χ0n) is 14.4. The van der Waals surface area contributed by atoms with Gasteiger partial charge in [0.05, 0.1) is 21.7 Å². The SMILES string of the molecule is Cc1cc(F)ccc1S(=O)(=O)N1CCN2C(=O)c3cccnc3C2(C)C1. The second kappa shape index (κ2) is 5.59. The van der Waals surface area contributed by atoms with Gasteiger partial charge < -0.3 is 4.90 Å². The van der Waals surface area contributed by atoms with E-state index < -0.39 is 21.4 Å². The average Bonchev–Trinajstić information content (AvgIpc) is 2.82. The van der Waals surface area contributed by atoms with Crippen molar-refractivity contribution in [2.45, 2.75) is 24.3 Å². The summed E-state index contributed by atoms with van der Waals surface area (Å²) in [5.74, 6) is -0.594. The van der Waals surface area contributed by atoms with Gasteiger partial charge >= 0.3 is 0 Å². The zero-order valence-corrected chi connectivity index (χ0v) is 15.3. The largest absolute Gasteiger partial charge is 0.325 e. The maximum atomic E-state index is 13.4. The molecule has 0 saturated carbocycles. The molecule has 1 saturated heterocycles. The van der Waals surface area contributed by atoms with Crippen molar-refractivity contribution < 1.29 is 17.6 Å². The van der Waals surface area contributed by atoms with Crippen LogP contribution in [0.25, 0.3) is 0 Å². The summed E-state index contributed by atoms with van der Waals surface area (Å²) in [4.78, 5) is 18.8. The minimum Gasteiger partial charge on any atom is -0.325 e. The Morgan fingerprint density at radius 1 is 1.23 bits per heavy atom. The molecule has 26 heavy (non-hydrogen) atoms. The molecule has 0 N–H and O–H groups in total. The molecule has 1 fully saturated rings. The molecule has 1 aromatic carbocycles. The molecule has 0 spiro atoms. The molecule has 4 rings (SSSR count). The molecule has 2 aromatic rings. The summed E-state index contributed by atoms with van der Waals surface area (Å²) in [5, 5.41) is 0. The van der Waals surface area contributed by atoms with E-state index in [-0.39, 0.29) is 30.4 Å². The highest BCUT2D eigenvalue weighted by molar-refractivity contribution is 7.89. The lowest BCUT2D eigenvalue weighted by Crippen LogP contribution is -2.58. The van der Waals surface area contributed by atoms with Crippen LogP contribution in [0.3, 0.4) is 0 Å². The number of fused-ring (bicyclic) bond motifs is 3. The topological polar surface area (TPSA) is 70.6 Å². The number of aromatic nitrogens is 1. The number of sulfonamides is 1. The van der Waals surface area contributed by atoms with Gasteiger partial charge in [-0.05, 0) is 49.7 Å². The molecule has 1 atom stereocenters. The number of hydrogen-bond donors (Lipinski definition) is 0. The molecular weight excluding hydrogens is 357 g/mol. The molecule has 2 aliphatic heterocycles. The van der Waals surface area contributed by atoms with E-state index in [0.717, 1.165) is 6.07 Å². The second-order valence-corrected chi connectivity index (χ2v) is 8.78. The molecule has 0 aliphatic carbocycles. The van der Waals surface area contributed by atoms with Gasteiger partial charge in [0.25, 0.3) is 5.91 Å². The summed E-state index contributed by atoms with van der Waals surface area (Å²) in [7, 11) is -3.81. The average molecular weight is 375 g/mol. The predicted molar refractivity (Wildman–Crippen MR) is 92.5 cm³/mol. The van der Waals surface area contributed by atoms with Crippen molar-refractivity contribution in [3.63, 3.8) is 0 Å². The van der Waals surface area contributed by atoms with Crippen molar-refractivity contribution in [2.75, 3.05) is 19.6 Å². The minimum atomic E-state index is -3.81. The zero-order chi connectivity index (χ0) is 18.7. The number of benzene rings is 1. The first-order valence-electron chi connectivity index (χ1n) is 8.29. The molecule has 2 aliphatic rings. The molecule has 1 amide bonds. The number of carbonyl (C=O) groups is 1. The van der Waals surface area contributed by atoms with Crippen molar-refractivity contribution in [3.8, 4) is 0 Å². The molecule has 1 unspecified atom stereocenters. The fraction of sp³-hybridized carbons (Fsp3) is 0.333. The molecule has 0 bridgehead atoms. The Morgan fingerprint density at radius 3 is 2.73 bits per heavy atom. The summed E-state index contributed by atoms with van der Waals surface area (Å²) >= 11 is 0. The third-order valence-electron chi connectivity index (χ3n) is 5.20. The number of rotatable bonds is 2. The number of hydrogen-bond acceptors (Lipinski definition) is 4. The lowest BCUT2D eigenvalue weighted by atomic mass is 9.95. The van der Waals surface area contributed by atoms with Gasteiger partial charge in [-0.3, -0.25) is 9.78 Å². The Bertz CT molecular complexity index is 1020. The maximum absolute atomic E-state index is 13.4. The van der Waals surface area contributed by atoms with Crippen molar-refractivity contribution in [2.24, 2.45) is 0 Å². The highest BCUT2D eigenvalue weighted by atomic mass is 32.2. The van der Waals surface area contributed by atoms with Crippen molar-refractivity contribution >= 4 is 15.9 Å².